The maximum Gasteiger partial charge on any atom is 0.163 e. The van der Waals surface area contributed by atoms with Crippen LogP contribution in [-0.2, 0) is 0 Å². The van der Waals surface area contributed by atoms with E-state index >= 15 is 0 Å². The van der Waals surface area contributed by atoms with Crippen LogP contribution in [-0.4, -0.2) is 19.1 Å². The van der Waals surface area contributed by atoms with Gasteiger partial charge in [-0.15, -0.1) is 22.7 Å². The molecule has 0 spiro atoms. The SMILES string of the molecule is Cc1ccccc1.Cc1ccccc1.c1ccc(-n2c3ccccc3c3cc(-c4nc(-n5c6ccccc6c6cc7ccc8c9ccccc9sc8c7cc65)c5c(n4)sc4ccccc45)ccc32)cc1. The monoisotopic (exact) mass is 932 g/mol. The molecule has 0 amide bonds. The number of aryl methyl sites for hydroxylation is 2. The van der Waals surface area contributed by atoms with Crippen molar-refractivity contribution >= 4 is 118 Å². The molecular weight excluding hydrogens is 889 g/mol. The van der Waals surface area contributed by atoms with Crippen molar-refractivity contribution in [3.8, 4) is 22.9 Å². The van der Waals surface area contributed by atoms with E-state index in [1.165, 1.54) is 79.2 Å². The number of para-hydroxylation sites is 3. The van der Waals surface area contributed by atoms with E-state index in [9.17, 15) is 0 Å². The number of hydrogen-bond donors (Lipinski definition) is 0. The molecule has 0 atom stereocenters. The number of rotatable bonds is 3. The average Bonchev–Trinajstić information content (AvgIpc) is 4.16. The van der Waals surface area contributed by atoms with Crippen LogP contribution in [0.3, 0.4) is 0 Å². The van der Waals surface area contributed by atoms with Gasteiger partial charge >= 0.3 is 0 Å². The highest BCUT2D eigenvalue weighted by Gasteiger charge is 2.23. The molecule has 0 saturated heterocycles. The van der Waals surface area contributed by atoms with Gasteiger partial charge in [0.05, 0.1) is 27.5 Å². The summed E-state index contributed by atoms with van der Waals surface area (Å²) in [5.74, 6) is 1.62. The summed E-state index contributed by atoms with van der Waals surface area (Å²) in [5.41, 5.74) is 9.39. The first-order valence-corrected chi connectivity index (χ1v) is 25.3. The minimum Gasteiger partial charge on any atom is -0.309 e. The van der Waals surface area contributed by atoms with Gasteiger partial charge in [-0.05, 0) is 86.0 Å². The van der Waals surface area contributed by atoms with E-state index in [4.69, 9.17) is 9.97 Å². The van der Waals surface area contributed by atoms with Gasteiger partial charge in [0, 0.05) is 68.4 Å². The fourth-order valence-corrected chi connectivity index (χ4v) is 12.4. The topological polar surface area (TPSA) is 35.6 Å². The van der Waals surface area contributed by atoms with Crippen LogP contribution in [0.1, 0.15) is 11.1 Å². The lowest BCUT2D eigenvalue weighted by Gasteiger charge is -2.12. The minimum absolute atomic E-state index is 0.719. The van der Waals surface area contributed by atoms with Crippen molar-refractivity contribution in [1.82, 2.24) is 19.1 Å². The van der Waals surface area contributed by atoms with E-state index in [1.807, 2.05) is 47.7 Å². The summed E-state index contributed by atoms with van der Waals surface area (Å²) < 4.78 is 8.59. The van der Waals surface area contributed by atoms with E-state index in [1.54, 1.807) is 11.3 Å². The van der Waals surface area contributed by atoms with Crippen LogP contribution < -0.4 is 0 Å². The molecule has 0 bridgehead atoms. The lowest BCUT2D eigenvalue weighted by atomic mass is 10.0. The standard InChI is InChI=1S/C50H28N4S2.2C7H8/c1-2-12-31(13-3-1)53-40-18-8-4-14-32(40)38-27-30(23-25-42(38)53)48-51-49(46-36-17-7-11-21-45(36)56-50(46)52-48)54-41-19-9-5-15-33(41)39-26-29-22-24-35-34-16-6-10-20-44(34)55-47(35)37(29)28-43(39)54;2*1-7-5-3-2-4-6-7/h1-28H;2*2-6H,1H3. The Morgan fingerprint density at radius 3 is 1.56 bits per heavy atom. The second-order valence-electron chi connectivity index (χ2n) is 17.9. The molecule has 0 saturated carbocycles. The van der Waals surface area contributed by atoms with E-state index in [2.05, 4.69) is 217 Å². The molecule has 0 aliphatic carbocycles. The van der Waals surface area contributed by atoms with Crippen molar-refractivity contribution in [2.75, 3.05) is 0 Å². The third-order valence-corrected chi connectivity index (χ3v) is 15.7. The predicted molar refractivity (Wildman–Crippen MR) is 302 cm³/mol. The fourth-order valence-electron chi connectivity index (χ4n) is 10.1. The third kappa shape index (κ3) is 7.11. The van der Waals surface area contributed by atoms with Crippen LogP contribution in [0.5, 0.6) is 0 Å². The van der Waals surface area contributed by atoms with Gasteiger partial charge in [0.25, 0.3) is 0 Å². The Labute approximate surface area is 412 Å². The van der Waals surface area contributed by atoms with Gasteiger partial charge in [-0.3, -0.25) is 4.57 Å². The smallest absolute Gasteiger partial charge is 0.163 e. The zero-order valence-electron chi connectivity index (χ0n) is 38.5. The summed E-state index contributed by atoms with van der Waals surface area (Å²) in [6.07, 6.45) is 0. The molecule has 0 aliphatic heterocycles. The minimum atomic E-state index is 0.719. The summed E-state index contributed by atoms with van der Waals surface area (Å²) in [6, 6.07) is 82.1. The summed E-state index contributed by atoms with van der Waals surface area (Å²) in [6.45, 7) is 4.17. The normalized spacial score (nSPS) is 11.6. The molecule has 0 aliphatic rings. The third-order valence-electron chi connectivity index (χ3n) is 13.4. The van der Waals surface area contributed by atoms with Crippen molar-refractivity contribution in [1.29, 1.82) is 0 Å². The van der Waals surface area contributed by atoms with Gasteiger partial charge < -0.3 is 4.57 Å². The number of aromatic nitrogens is 4. The Morgan fingerprint density at radius 1 is 0.357 bits per heavy atom. The maximum atomic E-state index is 5.62. The number of benzene rings is 10. The predicted octanol–water partition coefficient (Wildman–Crippen LogP) is 18.2. The first-order chi connectivity index (χ1) is 34.6. The quantitative estimate of drug-likeness (QED) is 0.177. The molecular formula is C64H44N4S2. The molecule has 0 unspecified atom stereocenters. The highest BCUT2D eigenvalue weighted by Crippen LogP contribution is 2.44. The van der Waals surface area contributed by atoms with Gasteiger partial charge in [-0.25, -0.2) is 9.97 Å². The summed E-state index contributed by atoms with van der Waals surface area (Å²) in [4.78, 5) is 12.0. The molecule has 15 aromatic rings. The molecule has 5 aromatic heterocycles. The van der Waals surface area contributed by atoms with Crippen LogP contribution in [0.2, 0.25) is 0 Å². The van der Waals surface area contributed by atoms with Gasteiger partial charge in [-0.1, -0.05) is 175 Å². The first-order valence-electron chi connectivity index (χ1n) is 23.6. The molecule has 70 heavy (non-hydrogen) atoms. The Bertz CT molecular complexity index is 4390. The molecule has 0 radical (unpaired) electrons. The van der Waals surface area contributed by atoms with E-state index in [0.717, 1.165) is 49.7 Å². The molecule has 4 nitrogen and oxygen atoms in total. The maximum absolute atomic E-state index is 5.62. The highest BCUT2D eigenvalue weighted by atomic mass is 32.1. The van der Waals surface area contributed by atoms with E-state index < -0.39 is 0 Å². The van der Waals surface area contributed by atoms with Crippen molar-refractivity contribution in [3.05, 3.63) is 242 Å². The van der Waals surface area contributed by atoms with E-state index in [0.29, 0.717) is 0 Å². The summed E-state index contributed by atoms with van der Waals surface area (Å²) in [7, 11) is 0. The molecule has 0 N–H and O–H groups in total. The van der Waals surface area contributed by atoms with Crippen LogP contribution in [0, 0.1) is 13.8 Å². The first kappa shape index (κ1) is 41.7. The molecule has 15 rings (SSSR count). The summed E-state index contributed by atoms with van der Waals surface area (Å²) in [5, 5.41) is 12.2. The lowest BCUT2D eigenvalue weighted by molar-refractivity contribution is 1.08. The number of hydrogen-bond acceptors (Lipinski definition) is 4. The van der Waals surface area contributed by atoms with Crippen LogP contribution in [0.4, 0.5) is 0 Å². The van der Waals surface area contributed by atoms with Crippen molar-refractivity contribution in [2.45, 2.75) is 13.8 Å². The molecule has 10 aromatic carbocycles. The molecule has 6 heteroatoms. The Morgan fingerprint density at radius 2 is 0.900 bits per heavy atom. The van der Waals surface area contributed by atoms with Crippen LogP contribution in [0.25, 0.3) is 118 Å². The zero-order valence-corrected chi connectivity index (χ0v) is 40.2. The summed E-state index contributed by atoms with van der Waals surface area (Å²) >= 11 is 3.62. The highest BCUT2D eigenvalue weighted by molar-refractivity contribution is 7.26. The van der Waals surface area contributed by atoms with Crippen molar-refractivity contribution in [2.24, 2.45) is 0 Å². The number of fused-ring (bicyclic) bond motifs is 14. The van der Waals surface area contributed by atoms with Gasteiger partial charge in [0.2, 0.25) is 0 Å². The van der Waals surface area contributed by atoms with E-state index in [-0.39, 0.29) is 0 Å². The molecule has 0 fully saturated rings. The number of thiophene rings is 2. The van der Waals surface area contributed by atoms with Gasteiger partial charge in [0.15, 0.2) is 11.6 Å². The largest absolute Gasteiger partial charge is 0.309 e. The molecule has 5 heterocycles. The lowest BCUT2D eigenvalue weighted by Crippen LogP contribution is -2.02. The zero-order chi connectivity index (χ0) is 46.7. The van der Waals surface area contributed by atoms with Crippen LogP contribution in [0.15, 0.2) is 231 Å². The second-order valence-corrected chi connectivity index (χ2v) is 19.9. The average molecular weight is 933 g/mol. The van der Waals surface area contributed by atoms with Gasteiger partial charge in [0.1, 0.15) is 4.83 Å². The van der Waals surface area contributed by atoms with Gasteiger partial charge in [-0.2, -0.15) is 0 Å². The Hall–Kier alpha value is -8.42. The van der Waals surface area contributed by atoms with Crippen molar-refractivity contribution < 1.29 is 0 Å². The molecule has 332 valence electrons. The van der Waals surface area contributed by atoms with Crippen molar-refractivity contribution in [3.63, 3.8) is 0 Å². The van der Waals surface area contributed by atoms with Crippen LogP contribution >= 0.6 is 22.7 Å². The second kappa shape index (κ2) is 17.3. The Balaban J connectivity index is 0.000000298. The fraction of sp³-hybridized carbons (Fsp3) is 0.0312. The Kier molecular flexibility index (Phi) is 10.3. The number of nitrogens with zero attached hydrogens (tertiary/aromatic N) is 4.